The van der Waals surface area contributed by atoms with Gasteiger partial charge < -0.3 is 34.6 Å². The Hall–Kier alpha value is -5.22. The molecule has 2 aromatic heterocycles. The molecular weight excluding hydrogens is 745 g/mol. The summed E-state index contributed by atoms with van der Waals surface area (Å²) in [7, 11) is 0. The molecule has 2 N–H and O–H groups in total. The number of Topliss-reactive ketones (excluding diaryl/α,β-unsaturated/α-hetero) is 2. The normalized spacial score (nSPS) is 24.0. The molecule has 13 nitrogen and oxygen atoms in total. The average molecular weight is 783 g/mol. The molecule has 8 rings (SSSR count). The molecule has 6 unspecified atom stereocenters. The van der Waals surface area contributed by atoms with Gasteiger partial charge >= 0.3 is 0 Å². The summed E-state index contributed by atoms with van der Waals surface area (Å²) >= 11 is 2.76. The van der Waals surface area contributed by atoms with Crippen molar-refractivity contribution in [3.05, 3.63) is 105 Å². The van der Waals surface area contributed by atoms with E-state index in [0.717, 1.165) is 14.7 Å². The number of nitrogens with two attached hydrogens (primary N) is 1. The smallest absolute Gasteiger partial charge is 0.255 e. The van der Waals surface area contributed by atoms with Gasteiger partial charge in [0.15, 0.2) is 11.6 Å². The van der Waals surface area contributed by atoms with E-state index in [1.165, 1.54) is 32.5 Å². The number of carbonyl (C=O) groups is 6. The van der Waals surface area contributed by atoms with E-state index in [4.69, 9.17) is 19.9 Å². The molecule has 284 valence electrons. The Labute approximate surface area is 324 Å². The zero-order valence-corrected chi connectivity index (χ0v) is 31.2. The zero-order chi connectivity index (χ0) is 38.3. The molecule has 4 saturated heterocycles. The lowest BCUT2D eigenvalue weighted by Gasteiger charge is -2.42. The number of benzene rings is 2. The molecule has 4 aromatic rings. The van der Waals surface area contributed by atoms with Crippen LogP contribution in [0.1, 0.15) is 33.0 Å². The summed E-state index contributed by atoms with van der Waals surface area (Å²) in [5.74, 6) is -2.68. The fourth-order valence-electron chi connectivity index (χ4n) is 8.34. The lowest BCUT2D eigenvalue weighted by atomic mass is 9.89. The number of ether oxygens (including phenoxy) is 3. The summed E-state index contributed by atoms with van der Waals surface area (Å²) in [6.45, 7) is -0.309. The fraction of sp³-hybridized carbons (Fsp3) is 0.350. The van der Waals surface area contributed by atoms with Gasteiger partial charge in [0.2, 0.25) is 17.4 Å². The van der Waals surface area contributed by atoms with E-state index in [0.29, 0.717) is 17.9 Å². The minimum absolute atomic E-state index is 0.0280. The number of para-hydroxylation sites is 1. The summed E-state index contributed by atoms with van der Waals surface area (Å²) in [5.41, 5.74) is 4.05. The molecule has 0 saturated carbocycles. The van der Waals surface area contributed by atoms with E-state index >= 15 is 14.4 Å². The Bertz CT molecular complexity index is 2090. The first-order valence-corrected chi connectivity index (χ1v) is 19.8. The van der Waals surface area contributed by atoms with Crippen molar-refractivity contribution in [1.82, 2.24) is 14.7 Å². The van der Waals surface area contributed by atoms with Crippen LogP contribution in [0.2, 0.25) is 0 Å². The molecule has 55 heavy (non-hydrogen) atoms. The number of rotatable bonds is 12. The van der Waals surface area contributed by atoms with Crippen molar-refractivity contribution in [2.24, 2.45) is 5.73 Å². The average Bonchev–Trinajstić information content (AvgIpc) is 4.05. The Morgan fingerprint density at radius 3 is 2.09 bits per heavy atom. The highest BCUT2D eigenvalue weighted by atomic mass is 32.1. The van der Waals surface area contributed by atoms with Crippen LogP contribution >= 0.6 is 22.7 Å². The lowest BCUT2D eigenvalue weighted by molar-refractivity contribution is -0.154. The maximum absolute atomic E-state index is 15.3. The fourth-order valence-corrected chi connectivity index (χ4v) is 9.83. The van der Waals surface area contributed by atoms with Gasteiger partial charge in [0.1, 0.15) is 42.8 Å². The van der Waals surface area contributed by atoms with Crippen molar-refractivity contribution >= 4 is 57.9 Å². The minimum Gasteiger partial charge on any atom is -0.457 e. The number of likely N-dealkylation sites (tertiary alicyclic amines) is 2. The van der Waals surface area contributed by atoms with Crippen molar-refractivity contribution in [2.45, 2.75) is 61.6 Å². The molecule has 2 aromatic carbocycles. The summed E-state index contributed by atoms with van der Waals surface area (Å²) in [6, 6.07) is 19.4. The Balaban J connectivity index is 1.25. The van der Waals surface area contributed by atoms with Crippen molar-refractivity contribution < 1.29 is 43.0 Å². The summed E-state index contributed by atoms with van der Waals surface area (Å²) in [6.07, 6.45) is -0.789. The number of hydrogen-bond acceptors (Lipinski definition) is 11. The third-order valence-electron chi connectivity index (χ3n) is 10.9. The molecule has 6 heterocycles. The van der Waals surface area contributed by atoms with E-state index in [1.807, 2.05) is 53.2 Å². The maximum atomic E-state index is 15.3. The van der Waals surface area contributed by atoms with Crippen LogP contribution in [0.3, 0.4) is 0 Å². The van der Waals surface area contributed by atoms with E-state index < -0.39 is 65.3 Å². The second kappa shape index (κ2) is 15.1. The first-order chi connectivity index (χ1) is 26.7. The highest BCUT2D eigenvalue weighted by Crippen LogP contribution is 2.40. The van der Waals surface area contributed by atoms with Crippen LogP contribution < -0.4 is 10.5 Å². The first-order valence-electron chi connectivity index (χ1n) is 18.1. The van der Waals surface area contributed by atoms with Crippen molar-refractivity contribution in [1.29, 1.82) is 0 Å². The number of primary amides is 1. The van der Waals surface area contributed by atoms with Gasteiger partial charge in [-0.15, -0.1) is 22.7 Å². The molecule has 4 amide bonds. The van der Waals surface area contributed by atoms with Gasteiger partial charge in [0.25, 0.3) is 11.8 Å². The number of nitrogens with zero attached hydrogens (tertiary/aromatic N) is 3. The summed E-state index contributed by atoms with van der Waals surface area (Å²) < 4.78 is 17.4. The van der Waals surface area contributed by atoms with Gasteiger partial charge in [-0.05, 0) is 72.1 Å². The second-order valence-corrected chi connectivity index (χ2v) is 16.0. The van der Waals surface area contributed by atoms with E-state index in [-0.39, 0.29) is 56.9 Å². The van der Waals surface area contributed by atoms with Crippen LogP contribution in [0.25, 0.3) is 0 Å². The van der Waals surface area contributed by atoms with Gasteiger partial charge in [-0.25, -0.2) is 0 Å². The van der Waals surface area contributed by atoms with E-state index in [1.54, 1.807) is 36.4 Å². The molecule has 0 bridgehead atoms. The number of ketones is 2. The maximum Gasteiger partial charge on any atom is 0.255 e. The molecule has 4 aliphatic heterocycles. The quantitative estimate of drug-likeness (QED) is 0.213. The third-order valence-corrected chi connectivity index (χ3v) is 12.7. The molecule has 0 radical (unpaired) electrons. The monoisotopic (exact) mass is 782 g/mol. The largest absolute Gasteiger partial charge is 0.457 e. The van der Waals surface area contributed by atoms with Crippen molar-refractivity contribution in [3.63, 3.8) is 0 Å². The molecule has 15 heteroatoms. The number of carbonyl (C=O) groups excluding carboxylic acids is 6. The standard InChI is InChI=1S/C40H38N4O9S2/c41-39(50)40-33(46)23-52-34(40)15-17-43(40)38(49)30(21-28-9-5-19-55-28)44(36(47)24-10-12-26(13-11-24)53-25-6-2-1-3-7-25)29(20-27-8-4-18-54-27)37(48)42-16-14-32-35(42)31(45)22-51-32/h1-13,18-19,29-30,32,34-35H,14-17,20-23H2,(H2,41,50). The summed E-state index contributed by atoms with van der Waals surface area (Å²) in [5, 5.41) is 3.69. The number of fused-ring (bicyclic) bond motifs is 2. The van der Waals surface area contributed by atoms with Crippen LogP contribution in [0.5, 0.6) is 11.5 Å². The molecule has 0 aliphatic carbocycles. The lowest BCUT2D eigenvalue weighted by Crippen LogP contribution is -2.68. The molecule has 0 spiro atoms. The van der Waals surface area contributed by atoms with E-state index in [9.17, 15) is 14.4 Å². The van der Waals surface area contributed by atoms with Crippen LogP contribution in [-0.2, 0) is 46.3 Å². The van der Waals surface area contributed by atoms with Gasteiger partial charge in [0.05, 0.1) is 12.2 Å². The summed E-state index contributed by atoms with van der Waals surface area (Å²) in [4.78, 5) is 91.0. The van der Waals surface area contributed by atoms with Gasteiger partial charge in [0, 0.05) is 41.2 Å². The van der Waals surface area contributed by atoms with Crippen molar-refractivity contribution in [2.75, 3.05) is 26.3 Å². The zero-order valence-electron chi connectivity index (χ0n) is 29.6. The molecular formula is C40H38N4O9S2. The third kappa shape index (κ3) is 6.64. The Morgan fingerprint density at radius 2 is 1.45 bits per heavy atom. The first kappa shape index (κ1) is 36.7. The van der Waals surface area contributed by atoms with Gasteiger partial charge in [-0.3, -0.25) is 28.8 Å². The predicted octanol–water partition coefficient (Wildman–Crippen LogP) is 3.26. The van der Waals surface area contributed by atoms with Crippen LogP contribution in [0, 0.1) is 0 Å². The predicted molar refractivity (Wildman–Crippen MR) is 201 cm³/mol. The Morgan fingerprint density at radius 1 is 0.800 bits per heavy atom. The van der Waals surface area contributed by atoms with Crippen LogP contribution in [-0.4, -0.2) is 112 Å². The Kier molecular flexibility index (Phi) is 10.1. The topological polar surface area (TPSA) is 166 Å². The highest BCUT2D eigenvalue weighted by Gasteiger charge is 2.65. The van der Waals surface area contributed by atoms with E-state index in [2.05, 4.69) is 0 Å². The molecule has 4 aliphatic rings. The highest BCUT2D eigenvalue weighted by molar-refractivity contribution is 7.10. The second-order valence-electron chi connectivity index (χ2n) is 14.0. The van der Waals surface area contributed by atoms with Gasteiger partial charge in [-0.1, -0.05) is 30.3 Å². The number of amides is 4. The number of hydrogen-bond donors (Lipinski definition) is 1. The van der Waals surface area contributed by atoms with Crippen LogP contribution in [0.4, 0.5) is 0 Å². The SMILES string of the molecule is NC(=O)C12C(=O)COC1CCN2C(=O)C(Cc1cccs1)N(C(=O)c1ccc(Oc2ccccc2)cc1)C(Cc1cccs1)C(=O)N1CCC2OCC(=O)C21. The molecule has 6 atom stereocenters. The van der Waals surface area contributed by atoms with Crippen LogP contribution in [0.15, 0.2) is 89.6 Å². The molecule has 4 fully saturated rings. The van der Waals surface area contributed by atoms with Crippen molar-refractivity contribution in [3.8, 4) is 11.5 Å². The minimum atomic E-state index is -2.06. The van der Waals surface area contributed by atoms with Gasteiger partial charge in [-0.2, -0.15) is 0 Å². The number of thiophene rings is 2.